The van der Waals surface area contributed by atoms with Crippen LogP contribution in [0.1, 0.15) is 18.9 Å². The van der Waals surface area contributed by atoms with E-state index in [1.54, 1.807) is 19.2 Å². The lowest BCUT2D eigenvalue weighted by atomic mass is 10.1. The first kappa shape index (κ1) is 20.0. The molecule has 1 fully saturated rings. The van der Waals surface area contributed by atoms with E-state index >= 15 is 0 Å². The first-order valence-electron chi connectivity index (χ1n) is 9.84. The number of aliphatic imine (C=N–C) groups is 1. The molecule has 0 aliphatic carbocycles. The third-order valence-corrected chi connectivity index (χ3v) is 4.97. The number of ether oxygens (including phenoxy) is 1. The van der Waals surface area contributed by atoms with Crippen LogP contribution in [-0.2, 0) is 6.54 Å². The molecule has 150 valence electrons. The lowest BCUT2D eigenvalue weighted by Crippen LogP contribution is -2.40. The van der Waals surface area contributed by atoms with E-state index in [2.05, 4.69) is 32.7 Å². The lowest BCUT2D eigenvalue weighted by Gasteiger charge is -2.20. The van der Waals surface area contributed by atoms with Gasteiger partial charge < -0.3 is 20.3 Å². The molecule has 0 bridgehead atoms. The minimum atomic E-state index is -0.216. The Labute approximate surface area is 166 Å². The molecule has 5 nitrogen and oxygen atoms in total. The van der Waals surface area contributed by atoms with Gasteiger partial charge in [-0.05, 0) is 37.5 Å². The summed E-state index contributed by atoms with van der Waals surface area (Å²) < 4.78 is 19.1. The Morgan fingerprint density at radius 2 is 2.07 bits per heavy atom. The Balaban J connectivity index is 1.54. The molecule has 0 aromatic heterocycles. The van der Waals surface area contributed by atoms with Crippen molar-refractivity contribution in [2.24, 2.45) is 10.9 Å². The maximum absolute atomic E-state index is 13.8. The van der Waals surface area contributed by atoms with Crippen LogP contribution in [-0.4, -0.2) is 39.2 Å². The molecule has 1 unspecified atom stereocenters. The number of anilines is 1. The largest absolute Gasteiger partial charge is 0.497 e. The lowest BCUT2D eigenvalue weighted by molar-refractivity contribution is 0.415. The maximum Gasteiger partial charge on any atom is 0.191 e. The molecule has 0 spiro atoms. The standard InChI is InChI=1S/C22H29FN4O/c1-3-24-22(26-15-18-7-4-5-10-21(18)23)25-14-17-11-12-27(16-17)19-8-6-9-20(13-19)28-2/h4-10,13,17H,3,11-12,14-16H2,1-2H3,(H2,24,25,26). The second-order valence-electron chi connectivity index (χ2n) is 6.97. The monoisotopic (exact) mass is 384 g/mol. The van der Waals surface area contributed by atoms with Gasteiger partial charge in [0.05, 0.1) is 13.7 Å². The zero-order valence-electron chi connectivity index (χ0n) is 16.6. The van der Waals surface area contributed by atoms with E-state index in [1.807, 2.05) is 25.1 Å². The molecule has 1 saturated heterocycles. The summed E-state index contributed by atoms with van der Waals surface area (Å²) in [6, 6.07) is 15.0. The van der Waals surface area contributed by atoms with Gasteiger partial charge in [-0.1, -0.05) is 24.3 Å². The van der Waals surface area contributed by atoms with Crippen LogP contribution in [0.3, 0.4) is 0 Å². The number of guanidine groups is 1. The van der Waals surface area contributed by atoms with Crippen LogP contribution >= 0.6 is 0 Å². The minimum absolute atomic E-state index is 0.216. The molecule has 0 amide bonds. The van der Waals surface area contributed by atoms with Crippen molar-refractivity contribution >= 4 is 11.6 Å². The number of rotatable bonds is 7. The van der Waals surface area contributed by atoms with Crippen LogP contribution in [0, 0.1) is 11.7 Å². The number of hydrogen-bond donors (Lipinski definition) is 2. The molecule has 1 aliphatic heterocycles. The molecule has 2 N–H and O–H groups in total. The molecule has 2 aromatic rings. The topological polar surface area (TPSA) is 48.9 Å². The Morgan fingerprint density at radius 1 is 1.21 bits per heavy atom. The fourth-order valence-corrected chi connectivity index (χ4v) is 3.41. The Hall–Kier alpha value is -2.76. The highest BCUT2D eigenvalue weighted by molar-refractivity contribution is 5.79. The van der Waals surface area contributed by atoms with Gasteiger partial charge in [-0.2, -0.15) is 0 Å². The summed E-state index contributed by atoms with van der Waals surface area (Å²) in [4.78, 5) is 6.92. The summed E-state index contributed by atoms with van der Waals surface area (Å²) in [5, 5.41) is 6.65. The summed E-state index contributed by atoms with van der Waals surface area (Å²) in [6.07, 6.45) is 1.12. The maximum atomic E-state index is 13.8. The molecule has 6 heteroatoms. The number of nitrogens with zero attached hydrogens (tertiary/aromatic N) is 2. The van der Waals surface area contributed by atoms with Crippen LogP contribution in [0.2, 0.25) is 0 Å². The van der Waals surface area contributed by atoms with E-state index in [9.17, 15) is 4.39 Å². The average Bonchev–Trinajstić information content (AvgIpc) is 3.20. The normalized spacial score (nSPS) is 16.9. The van der Waals surface area contributed by atoms with Crippen LogP contribution in [0.5, 0.6) is 5.75 Å². The van der Waals surface area contributed by atoms with Crippen molar-refractivity contribution in [3.05, 3.63) is 59.9 Å². The average molecular weight is 384 g/mol. The first-order chi connectivity index (χ1) is 13.7. The summed E-state index contributed by atoms with van der Waals surface area (Å²) >= 11 is 0. The molecule has 1 heterocycles. The second kappa shape index (κ2) is 9.97. The number of nitrogens with one attached hydrogen (secondary N) is 2. The molecule has 1 atom stereocenters. The third-order valence-electron chi connectivity index (χ3n) is 4.97. The van der Waals surface area contributed by atoms with Crippen LogP contribution in [0.4, 0.5) is 10.1 Å². The highest BCUT2D eigenvalue weighted by Gasteiger charge is 2.23. The van der Waals surface area contributed by atoms with E-state index in [-0.39, 0.29) is 5.82 Å². The van der Waals surface area contributed by atoms with E-state index < -0.39 is 0 Å². The Morgan fingerprint density at radius 3 is 2.86 bits per heavy atom. The molecular weight excluding hydrogens is 355 g/mol. The summed E-state index contributed by atoms with van der Waals surface area (Å²) in [5.74, 6) is 1.93. The predicted molar refractivity (Wildman–Crippen MR) is 113 cm³/mol. The van der Waals surface area contributed by atoms with Crippen molar-refractivity contribution in [3.8, 4) is 5.75 Å². The van der Waals surface area contributed by atoms with E-state index in [1.165, 1.54) is 11.8 Å². The van der Waals surface area contributed by atoms with Gasteiger partial charge in [0, 0.05) is 43.5 Å². The van der Waals surface area contributed by atoms with Crippen molar-refractivity contribution in [2.45, 2.75) is 19.9 Å². The number of hydrogen-bond acceptors (Lipinski definition) is 3. The highest BCUT2D eigenvalue weighted by atomic mass is 19.1. The Bertz CT molecular complexity index is 796. The quantitative estimate of drug-likeness (QED) is 0.567. The molecule has 3 rings (SSSR count). The summed E-state index contributed by atoms with van der Waals surface area (Å²) in [5.41, 5.74) is 1.80. The van der Waals surface area contributed by atoms with Crippen molar-refractivity contribution in [1.82, 2.24) is 10.6 Å². The zero-order chi connectivity index (χ0) is 19.8. The predicted octanol–water partition coefficient (Wildman–Crippen LogP) is 3.42. The van der Waals surface area contributed by atoms with Crippen LogP contribution in [0.25, 0.3) is 0 Å². The molecule has 2 aromatic carbocycles. The molecule has 28 heavy (non-hydrogen) atoms. The fraction of sp³-hybridized carbons (Fsp3) is 0.409. The van der Waals surface area contributed by atoms with Gasteiger partial charge >= 0.3 is 0 Å². The smallest absolute Gasteiger partial charge is 0.191 e. The SMILES string of the molecule is CCNC(=NCc1ccccc1F)NCC1CCN(c2cccc(OC)c2)C1. The first-order valence-corrected chi connectivity index (χ1v) is 9.84. The van der Waals surface area contributed by atoms with Gasteiger partial charge in [0.15, 0.2) is 5.96 Å². The number of methoxy groups -OCH3 is 1. The molecule has 1 aliphatic rings. The van der Waals surface area contributed by atoms with Crippen molar-refractivity contribution in [1.29, 1.82) is 0 Å². The Kier molecular flexibility index (Phi) is 7.12. The van der Waals surface area contributed by atoms with Crippen molar-refractivity contribution in [3.63, 3.8) is 0 Å². The van der Waals surface area contributed by atoms with Gasteiger partial charge in [0.2, 0.25) is 0 Å². The van der Waals surface area contributed by atoms with E-state index in [4.69, 9.17) is 4.74 Å². The minimum Gasteiger partial charge on any atom is -0.497 e. The van der Waals surface area contributed by atoms with Gasteiger partial charge in [-0.25, -0.2) is 9.38 Å². The molecule has 0 radical (unpaired) electrons. The van der Waals surface area contributed by atoms with Crippen LogP contribution < -0.4 is 20.3 Å². The van der Waals surface area contributed by atoms with Crippen molar-refractivity contribution < 1.29 is 9.13 Å². The third kappa shape index (κ3) is 5.38. The van der Waals surface area contributed by atoms with Crippen LogP contribution in [0.15, 0.2) is 53.5 Å². The number of benzene rings is 2. The van der Waals surface area contributed by atoms with Gasteiger partial charge in [0.1, 0.15) is 11.6 Å². The highest BCUT2D eigenvalue weighted by Crippen LogP contribution is 2.26. The second-order valence-corrected chi connectivity index (χ2v) is 6.97. The molecular formula is C22H29FN4O. The summed E-state index contributed by atoms with van der Waals surface area (Å²) in [6.45, 7) is 5.98. The number of halogens is 1. The van der Waals surface area contributed by atoms with E-state index in [0.717, 1.165) is 44.3 Å². The zero-order valence-corrected chi connectivity index (χ0v) is 16.6. The fourth-order valence-electron chi connectivity index (χ4n) is 3.41. The molecule has 0 saturated carbocycles. The van der Waals surface area contributed by atoms with Gasteiger partial charge in [-0.3, -0.25) is 0 Å². The summed E-state index contributed by atoms with van der Waals surface area (Å²) in [7, 11) is 1.69. The van der Waals surface area contributed by atoms with Gasteiger partial charge in [-0.15, -0.1) is 0 Å². The van der Waals surface area contributed by atoms with E-state index in [0.29, 0.717) is 18.0 Å². The van der Waals surface area contributed by atoms with Crippen molar-refractivity contribution in [2.75, 3.05) is 38.2 Å². The van der Waals surface area contributed by atoms with Gasteiger partial charge in [0.25, 0.3) is 0 Å².